The van der Waals surface area contributed by atoms with Crippen LogP contribution >= 0.6 is 23.4 Å². The lowest BCUT2D eigenvalue weighted by atomic mass is 10.1. The maximum absolute atomic E-state index is 6.21. The Morgan fingerprint density at radius 3 is 2.90 bits per heavy atom. The third-order valence-corrected chi connectivity index (χ3v) is 4.97. The van der Waals surface area contributed by atoms with E-state index in [0.29, 0.717) is 0 Å². The van der Waals surface area contributed by atoms with Crippen molar-refractivity contribution in [1.29, 1.82) is 0 Å². The van der Waals surface area contributed by atoms with Gasteiger partial charge in [-0.25, -0.2) is 4.98 Å². The van der Waals surface area contributed by atoms with E-state index < -0.39 is 0 Å². The Hall–Kier alpha value is -1.19. The van der Waals surface area contributed by atoms with Gasteiger partial charge in [-0.1, -0.05) is 17.7 Å². The number of nitrogens with zero attached hydrogens (tertiary/aromatic N) is 1. The third kappa shape index (κ3) is 2.94. The fourth-order valence-electron chi connectivity index (χ4n) is 2.51. The van der Waals surface area contributed by atoms with E-state index in [-0.39, 0.29) is 0 Å². The first-order valence-electron chi connectivity index (χ1n) is 6.84. The van der Waals surface area contributed by atoms with Crippen LogP contribution in [0.25, 0.3) is 0 Å². The van der Waals surface area contributed by atoms with Gasteiger partial charge in [0.05, 0.1) is 10.7 Å². The molecular weight excluding hydrogens is 288 g/mol. The minimum absolute atomic E-state index is 0.734. The molecule has 1 aromatic heterocycles. The highest BCUT2D eigenvalue weighted by Gasteiger charge is 2.11. The Labute approximate surface area is 129 Å². The van der Waals surface area contributed by atoms with Crippen molar-refractivity contribution in [3.63, 3.8) is 0 Å². The lowest BCUT2D eigenvalue weighted by Gasteiger charge is -2.07. The molecule has 0 amide bonds. The Morgan fingerprint density at radius 1 is 1.20 bits per heavy atom. The van der Waals surface area contributed by atoms with Gasteiger partial charge in [0, 0.05) is 17.7 Å². The Kier molecular flexibility index (Phi) is 4.18. The van der Waals surface area contributed by atoms with Crippen LogP contribution in [0.5, 0.6) is 0 Å². The molecule has 0 fully saturated rings. The van der Waals surface area contributed by atoms with Crippen LogP contribution in [0.1, 0.15) is 23.2 Å². The second kappa shape index (κ2) is 6.06. The minimum Gasteiger partial charge on any atom is -0.373 e. The van der Waals surface area contributed by atoms with Gasteiger partial charge < -0.3 is 5.32 Å². The summed E-state index contributed by atoms with van der Waals surface area (Å²) in [7, 11) is 1.87. The number of anilines is 1. The van der Waals surface area contributed by atoms with Gasteiger partial charge in [0.1, 0.15) is 5.82 Å². The molecule has 1 aliphatic rings. The summed E-state index contributed by atoms with van der Waals surface area (Å²) < 4.78 is 0. The normalized spacial score (nSPS) is 13.3. The standard InChI is InChI=1S/C16H17ClN2S/c1-18-16-8-7-14(17)15(19-16)10-20-13-6-5-11-3-2-4-12(11)9-13/h5-9H,2-4,10H2,1H3,(H,18,19). The summed E-state index contributed by atoms with van der Waals surface area (Å²) in [5.41, 5.74) is 3.96. The first-order chi connectivity index (χ1) is 9.76. The first kappa shape index (κ1) is 13.8. The van der Waals surface area contributed by atoms with E-state index in [4.69, 9.17) is 11.6 Å². The van der Waals surface area contributed by atoms with Crippen LogP contribution in [0.2, 0.25) is 5.02 Å². The van der Waals surface area contributed by atoms with Gasteiger partial charge in [-0.2, -0.15) is 0 Å². The molecule has 0 radical (unpaired) electrons. The zero-order valence-corrected chi connectivity index (χ0v) is 13.0. The SMILES string of the molecule is CNc1ccc(Cl)c(CSc2ccc3c(c2)CCC3)n1. The highest BCUT2D eigenvalue weighted by atomic mass is 35.5. The summed E-state index contributed by atoms with van der Waals surface area (Å²) in [6, 6.07) is 10.6. The van der Waals surface area contributed by atoms with Crippen molar-refractivity contribution in [2.75, 3.05) is 12.4 Å². The first-order valence-corrected chi connectivity index (χ1v) is 8.20. The van der Waals surface area contributed by atoms with E-state index >= 15 is 0 Å². The van der Waals surface area contributed by atoms with E-state index in [1.807, 2.05) is 19.2 Å². The van der Waals surface area contributed by atoms with Gasteiger partial charge in [-0.15, -0.1) is 11.8 Å². The Balaban J connectivity index is 1.73. The van der Waals surface area contributed by atoms with Crippen molar-refractivity contribution < 1.29 is 0 Å². The lowest BCUT2D eigenvalue weighted by Crippen LogP contribution is -1.96. The summed E-state index contributed by atoms with van der Waals surface area (Å²) in [5.74, 6) is 1.66. The summed E-state index contributed by atoms with van der Waals surface area (Å²) >= 11 is 8.01. The summed E-state index contributed by atoms with van der Waals surface area (Å²) in [6.07, 6.45) is 3.75. The predicted octanol–water partition coefficient (Wildman–Crippen LogP) is 4.56. The molecule has 1 N–H and O–H groups in total. The molecule has 0 saturated carbocycles. The molecule has 1 aliphatic carbocycles. The number of benzene rings is 1. The van der Waals surface area contributed by atoms with Crippen LogP contribution in [0, 0.1) is 0 Å². The second-order valence-electron chi connectivity index (χ2n) is 4.95. The van der Waals surface area contributed by atoms with Crippen LogP contribution in [0.4, 0.5) is 5.82 Å². The number of rotatable bonds is 4. The van der Waals surface area contributed by atoms with Crippen LogP contribution in [-0.4, -0.2) is 12.0 Å². The van der Waals surface area contributed by atoms with E-state index in [1.54, 1.807) is 11.8 Å². The van der Waals surface area contributed by atoms with Gasteiger partial charge in [-0.05, 0) is 54.7 Å². The largest absolute Gasteiger partial charge is 0.373 e. The fourth-order valence-corrected chi connectivity index (χ4v) is 3.68. The molecule has 1 heterocycles. The van der Waals surface area contributed by atoms with Crippen LogP contribution in [-0.2, 0) is 18.6 Å². The number of nitrogens with one attached hydrogen (secondary N) is 1. The molecule has 0 spiro atoms. The number of aryl methyl sites for hydroxylation is 2. The smallest absolute Gasteiger partial charge is 0.126 e. The highest BCUT2D eigenvalue weighted by Crippen LogP contribution is 2.30. The van der Waals surface area contributed by atoms with Gasteiger partial charge in [0.2, 0.25) is 0 Å². The zero-order valence-electron chi connectivity index (χ0n) is 11.4. The molecule has 0 unspecified atom stereocenters. The molecule has 2 aromatic rings. The topological polar surface area (TPSA) is 24.9 Å². The minimum atomic E-state index is 0.734. The molecule has 104 valence electrons. The molecule has 20 heavy (non-hydrogen) atoms. The van der Waals surface area contributed by atoms with Gasteiger partial charge >= 0.3 is 0 Å². The van der Waals surface area contributed by atoms with Crippen molar-refractivity contribution in [2.45, 2.75) is 29.9 Å². The predicted molar refractivity (Wildman–Crippen MR) is 86.8 cm³/mol. The lowest BCUT2D eigenvalue weighted by molar-refractivity contribution is 0.911. The average Bonchev–Trinajstić information content (AvgIpc) is 2.94. The second-order valence-corrected chi connectivity index (χ2v) is 6.40. The van der Waals surface area contributed by atoms with Crippen molar-refractivity contribution in [1.82, 2.24) is 4.98 Å². The Bertz CT molecular complexity index is 628. The van der Waals surface area contributed by atoms with Crippen LogP contribution in [0.3, 0.4) is 0 Å². The summed E-state index contributed by atoms with van der Waals surface area (Å²) in [6.45, 7) is 0. The number of thioether (sulfide) groups is 1. The van der Waals surface area contributed by atoms with Crippen LogP contribution < -0.4 is 5.32 Å². The van der Waals surface area contributed by atoms with Gasteiger partial charge in [0.25, 0.3) is 0 Å². The van der Waals surface area contributed by atoms with E-state index in [1.165, 1.54) is 35.3 Å². The Morgan fingerprint density at radius 2 is 2.05 bits per heavy atom. The average molecular weight is 305 g/mol. The quantitative estimate of drug-likeness (QED) is 0.838. The molecule has 0 saturated heterocycles. The molecule has 3 rings (SSSR count). The molecule has 4 heteroatoms. The van der Waals surface area contributed by atoms with E-state index in [2.05, 4.69) is 28.5 Å². The maximum Gasteiger partial charge on any atom is 0.126 e. The number of halogens is 1. The molecule has 1 aromatic carbocycles. The molecular formula is C16H17ClN2S. The van der Waals surface area contributed by atoms with E-state index in [9.17, 15) is 0 Å². The molecule has 0 bridgehead atoms. The fraction of sp³-hybridized carbons (Fsp3) is 0.312. The summed E-state index contributed by atoms with van der Waals surface area (Å²) in [4.78, 5) is 5.82. The van der Waals surface area contributed by atoms with Gasteiger partial charge in [0.15, 0.2) is 0 Å². The van der Waals surface area contributed by atoms with E-state index in [0.717, 1.165) is 22.3 Å². The molecule has 0 aliphatic heterocycles. The summed E-state index contributed by atoms with van der Waals surface area (Å²) in [5, 5.41) is 3.78. The number of aromatic nitrogens is 1. The zero-order chi connectivity index (χ0) is 13.9. The van der Waals surface area contributed by atoms with Gasteiger partial charge in [-0.3, -0.25) is 0 Å². The maximum atomic E-state index is 6.21. The molecule has 0 atom stereocenters. The number of hydrogen-bond donors (Lipinski definition) is 1. The number of hydrogen-bond acceptors (Lipinski definition) is 3. The highest BCUT2D eigenvalue weighted by molar-refractivity contribution is 7.98. The third-order valence-electron chi connectivity index (χ3n) is 3.62. The van der Waals surface area contributed by atoms with Crippen molar-refractivity contribution in [3.05, 3.63) is 52.2 Å². The van der Waals surface area contributed by atoms with Crippen LogP contribution in [0.15, 0.2) is 35.2 Å². The monoisotopic (exact) mass is 304 g/mol. The molecule has 2 nitrogen and oxygen atoms in total. The van der Waals surface area contributed by atoms with Crippen molar-refractivity contribution in [2.24, 2.45) is 0 Å². The number of pyridine rings is 1. The number of fused-ring (bicyclic) bond motifs is 1. The van der Waals surface area contributed by atoms with Crippen molar-refractivity contribution in [3.8, 4) is 0 Å². The van der Waals surface area contributed by atoms with Crippen molar-refractivity contribution >= 4 is 29.2 Å².